The molecule has 7 heteroatoms. The van der Waals surface area contributed by atoms with E-state index in [0.29, 0.717) is 18.7 Å². The summed E-state index contributed by atoms with van der Waals surface area (Å²) < 4.78 is 18.4. The number of amides is 1. The zero-order valence-corrected chi connectivity index (χ0v) is 10.9. The number of hydrogen-bond acceptors (Lipinski definition) is 4. The normalized spacial score (nSPS) is 15.0. The Morgan fingerprint density at radius 2 is 2.05 bits per heavy atom. The van der Waals surface area contributed by atoms with Crippen LogP contribution in [0.15, 0.2) is 30.6 Å². The molecule has 1 aromatic carbocycles. The molecular weight excluding hydrogens is 263 g/mol. The fourth-order valence-corrected chi connectivity index (χ4v) is 2.16. The van der Waals surface area contributed by atoms with Crippen molar-refractivity contribution >= 4 is 5.91 Å². The highest BCUT2D eigenvalue weighted by Crippen LogP contribution is 2.24. The predicted octanol–water partition coefficient (Wildman–Crippen LogP) is 1.12. The van der Waals surface area contributed by atoms with Gasteiger partial charge in [0.1, 0.15) is 6.04 Å². The topological polar surface area (TPSA) is 60.2 Å². The second kappa shape index (κ2) is 4.92. The number of carbonyl (C=O) groups excluding carboxylic acids is 1. The van der Waals surface area contributed by atoms with E-state index in [1.165, 1.54) is 19.2 Å². The summed E-state index contributed by atoms with van der Waals surface area (Å²) in [7, 11) is 1.39. The number of nitrogens with zero attached hydrogens (tertiary/aromatic N) is 4. The third kappa shape index (κ3) is 2.11. The van der Waals surface area contributed by atoms with Crippen LogP contribution < -0.4 is 4.74 Å². The van der Waals surface area contributed by atoms with E-state index >= 15 is 0 Å². The van der Waals surface area contributed by atoms with Gasteiger partial charge in [-0.05, 0) is 18.2 Å². The van der Waals surface area contributed by atoms with Crippen LogP contribution in [0.5, 0.6) is 5.75 Å². The molecule has 3 rings (SSSR count). The standard InChI is InChI=1S/C13H13FN4O2/c1-20-12-3-2-9(6-11(12)14)13(19)17-7-10(8-17)18-15-4-5-16-18/h2-6,10H,7-8H2,1H3. The van der Waals surface area contributed by atoms with Crippen molar-refractivity contribution in [3.05, 3.63) is 42.0 Å². The highest BCUT2D eigenvalue weighted by Gasteiger charge is 2.33. The fourth-order valence-electron chi connectivity index (χ4n) is 2.16. The molecule has 0 N–H and O–H groups in total. The summed E-state index contributed by atoms with van der Waals surface area (Å²) >= 11 is 0. The lowest BCUT2D eigenvalue weighted by Gasteiger charge is -2.38. The summed E-state index contributed by atoms with van der Waals surface area (Å²) in [5, 5.41) is 8.07. The first-order valence-corrected chi connectivity index (χ1v) is 6.17. The van der Waals surface area contributed by atoms with Crippen LogP contribution in [-0.4, -0.2) is 46.0 Å². The summed E-state index contributed by atoms with van der Waals surface area (Å²) in [6.45, 7) is 1.06. The quantitative estimate of drug-likeness (QED) is 0.843. The molecule has 6 nitrogen and oxygen atoms in total. The summed E-state index contributed by atoms with van der Waals surface area (Å²) in [4.78, 5) is 15.4. The molecule has 0 unspecified atom stereocenters. The third-order valence-corrected chi connectivity index (χ3v) is 3.31. The van der Waals surface area contributed by atoms with E-state index in [9.17, 15) is 9.18 Å². The van der Waals surface area contributed by atoms with E-state index in [1.807, 2.05) is 0 Å². The number of likely N-dealkylation sites (tertiary alicyclic amines) is 1. The van der Waals surface area contributed by atoms with E-state index in [4.69, 9.17) is 4.74 Å². The zero-order chi connectivity index (χ0) is 14.1. The largest absolute Gasteiger partial charge is 0.494 e. The molecule has 104 valence electrons. The van der Waals surface area contributed by atoms with Gasteiger partial charge in [0, 0.05) is 18.7 Å². The molecule has 0 radical (unpaired) electrons. The minimum Gasteiger partial charge on any atom is -0.494 e. The Hall–Kier alpha value is -2.44. The van der Waals surface area contributed by atoms with Gasteiger partial charge in [-0.25, -0.2) is 4.39 Å². The van der Waals surface area contributed by atoms with Crippen LogP contribution in [0, 0.1) is 5.82 Å². The number of hydrogen-bond donors (Lipinski definition) is 0. The van der Waals surface area contributed by atoms with Gasteiger partial charge in [-0.3, -0.25) is 4.79 Å². The molecule has 0 saturated carbocycles. The van der Waals surface area contributed by atoms with Crippen molar-refractivity contribution < 1.29 is 13.9 Å². The van der Waals surface area contributed by atoms with Gasteiger partial charge in [0.2, 0.25) is 0 Å². The van der Waals surface area contributed by atoms with Crippen molar-refractivity contribution in [3.63, 3.8) is 0 Å². The number of aromatic nitrogens is 3. The summed E-state index contributed by atoms with van der Waals surface area (Å²) in [5.41, 5.74) is 0.315. The lowest BCUT2D eigenvalue weighted by molar-refractivity contribution is 0.0476. The van der Waals surface area contributed by atoms with Gasteiger partial charge >= 0.3 is 0 Å². The van der Waals surface area contributed by atoms with Gasteiger partial charge in [0.05, 0.1) is 19.5 Å². The molecule has 20 heavy (non-hydrogen) atoms. The second-order valence-electron chi connectivity index (χ2n) is 4.56. The number of methoxy groups -OCH3 is 1. The first-order chi connectivity index (χ1) is 9.69. The number of benzene rings is 1. The Balaban J connectivity index is 1.67. The molecule has 1 aromatic heterocycles. The van der Waals surface area contributed by atoms with Crippen LogP contribution in [0.3, 0.4) is 0 Å². The number of ether oxygens (including phenoxy) is 1. The summed E-state index contributed by atoms with van der Waals surface area (Å²) in [5.74, 6) is -0.608. The Labute approximate surface area is 114 Å². The minimum atomic E-state index is -0.538. The van der Waals surface area contributed by atoms with Crippen LogP contribution in [0.25, 0.3) is 0 Å². The van der Waals surface area contributed by atoms with E-state index < -0.39 is 5.82 Å². The first kappa shape index (κ1) is 12.6. The van der Waals surface area contributed by atoms with Gasteiger partial charge in [0.25, 0.3) is 5.91 Å². The van der Waals surface area contributed by atoms with Gasteiger partial charge in [-0.1, -0.05) is 0 Å². The van der Waals surface area contributed by atoms with Crippen molar-refractivity contribution in [2.24, 2.45) is 0 Å². The van der Waals surface area contributed by atoms with E-state index in [2.05, 4.69) is 10.2 Å². The summed E-state index contributed by atoms with van der Waals surface area (Å²) in [6.07, 6.45) is 3.20. The van der Waals surface area contributed by atoms with Gasteiger partial charge in [-0.2, -0.15) is 15.0 Å². The molecule has 1 amide bonds. The SMILES string of the molecule is COc1ccc(C(=O)N2CC(n3nccn3)C2)cc1F. The molecular formula is C13H13FN4O2. The number of carbonyl (C=O) groups is 1. The summed E-state index contributed by atoms with van der Waals surface area (Å²) in [6, 6.07) is 4.30. The Bertz CT molecular complexity index is 623. The third-order valence-electron chi connectivity index (χ3n) is 3.31. The number of halogens is 1. The van der Waals surface area contributed by atoms with Gasteiger partial charge in [0.15, 0.2) is 11.6 Å². The van der Waals surface area contributed by atoms with Crippen molar-refractivity contribution in [1.29, 1.82) is 0 Å². The Morgan fingerprint density at radius 1 is 1.35 bits per heavy atom. The van der Waals surface area contributed by atoms with E-state index in [1.54, 1.807) is 28.2 Å². The van der Waals surface area contributed by atoms with Crippen LogP contribution in [0.4, 0.5) is 4.39 Å². The highest BCUT2D eigenvalue weighted by molar-refractivity contribution is 5.94. The number of rotatable bonds is 3. The smallest absolute Gasteiger partial charge is 0.254 e. The van der Waals surface area contributed by atoms with Crippen molar-refractivity contribution in [3.8, 4) is 5.75 Å². The lowest BCUT2D eigenvalue weighted by Crippen LogP contribution is -2.51. The van der Waals surface area contributed by atoms with Crippen molar-refractivity contribution in [1.82, 2.24) is 19.9 Å². The molecule has 0 bridgehead atoms. The maximum atomic E-state index is 13.6. The van der Waals surface area contributed by atoms with Crippen LogP contribution >= 0.6 is 0 Å². The molecule has 1 fully saturated rings. The molecule has 1 aliphatic rings. The molecule has 0 aliphatic carbocycles. The molecule has 0 atom stereocenters. The maximum absolute atomic E-state index is 13.6. The van der Waals surface area contributed by atoms with Gasteiger partial charge < -0.3 is 9.64 Å². The maximum Gasteiger partial charge on any atom is 0.254 e. The zero-order valence-electron chi connectivity index (χ0n) is 10.9. The monoisotopic (exact) mass is 276 g/mol. The first-order valence-electron chi connectivity index (χ1n) is 6.17. The van der Waals surface area contributed by atoms with Crippen molar-refractivity contribution in [2.45, 2.75) is 6.04 Å². The van der Waals surface area contributed by atoms with Crippen LogP contribution in [0.1, 0.15) is 16.4 Å². The van der Waals surface area contributed by atoms with Crippen LogP contribution in [-0.2, 0) is 0 Å². The lowest BCUT2D eigenvalue weighted by atomic mass is 10.1. The van der Waals surface area contributed by atoms with Crippen molar-refractivity contribution in [2.75, 3.05) is 20.2 Å². The minimum absolute atomic E-state index is 0.0945. The predicted molar refractivity (Wildman–Crippen MR) is 67.9 cm³/mol. The fraction of sp³-hybridized carbons (Fsp3) is 0.308. The average molecular weight is 276 g/mol. The molecule has 0 spiro atoms. The highest BCUT2D eigenvalue weighted by atomic mass is 19.1. The van der Waals surface area contributed by atoms with Gasteiger partial charge in [-0.15, -0.1) is 0 Å². The van der Waals surface area contributed by atoms with E-state index in [0.717, 1.165) is 0 Å². The Morgan fingerprint density at radius 3 is 2.65 bits per heavy atom. The molecule has 2 aromatic rings. The second-order valence-corrected chi connectivity index (χ2v) is 4.56. The van der Waals surface area contributed by atoms with Crippen LogP contribution in [0.2, 0.25) is 0 Å². The molecule has 1 saturated heterocycles. The molecule has 1 aliphatic heterocycles. The Kier molecular flexibility index (Phi) is 3.09. The molecule has 2 heterocycles. The average Bonchev–Trinajstić information content (AvgIpc) is 2.90. The van der Waals surface area contributed by atoms with E-state index in [-0.39, 0.29) is 17.7 Å².